The third-order valence-corrected chi connectivity index (χ3v) is 5.54. The second-order valence-corrected chi connectivity index (χ2v) is 8.33. The number of thioether (sulfide) groups is 1. The van der Waals surface area contributed by atoms with Gasteiger partial charge in [0.2, 0.25) is 0 Å². The minimum Gasteiger partial charge on any atom is -0.377 e. The molecule has 1 rings (SSSR count). The maximum absolute atomic E-state index is 5.84. The Morgan fingerprint density at radius 1 is 1.35 bits per heavy atom. The van der Waals surface area contributed by atoms with Crippen molar-refractivity contribution in [1.29, 1.82) is 0 Å². The quantitative estimate of drug-likeness (QED) is 0.470. The summed E-state index contributed by atoms with van der Waals surface area (Å²) in [7, 11) is 4.20. The van der Waals surface area contributed by atoms with Crippen molar-refractivity contribution in [2.24, 2.45) is 4.99 Å². The third-order valence-electron chi connectivity index (χ3n) is 4.01. The van der Waals surface area contributed by atoms with E-state index < -0.39 is 0 Å². The van der Waals surface area contributed by atoms with Gasteiger partial charge in [0.25, 0.3) is 0 Å². The number of rotatable bonds is 10. The van der Waals surface area contributed by atoms with Crippen molar-refractivity contribution >= 4 is 17.7 Å². The molecule has 2 N–H and O–H groups in total. The van der Waals surface area contributed by atoms with Crippen LogP contribution in [0.4, 0.5) is 0 Å². The van der Waals surface area contributed by atoms with E-state index in [2.05, 4.69) is 62.2 Å². The number of hydrogen-bond acceptors (Lipinski definition) is 4. The van der Waals surface area contributed by atoms with Crippen LogP contribution >= 0.6 is 11.8 Å². The molecule has 2 atom stereocenters. The van der Waals surface area contributed by atoms with Gasteiger partial charge in [-0.15, -0.1) is 0 Å². The van der Waals surface area contributed by atoms with Crippen LogP contribution in [-0.2, 0) is 4.74 Å². The lowest BCUT2D eigenvalue weighted by molar-refractivity contribution is 0.0548. The molecule has 23 heavy (non-hydrogen) atoms. The predicted octanol–water partition coefficient (Wildman–Crippen LogP) is 2.18. The normalized spacial score (nSPS) is 23.3. The highest BCUT2D eigenvalue weighted by atomic mass is 32.2. The molecule has 0 amide bonds. The number of ether oxygens (including phenoxy) is 1. The molecule has 0 bridgehead atoms. The van der Waals surface area contributed by atoms with Gasteiger partial charge in [0.1, 0.15) is 0 Å². The molecule has 1 heterocycles. The largest absolute Gasteiger partial charge is 0.377 e. The number of guanidine groups is 1. The summed E-state index contributed by atoms with van der Waals surface area (Å²) in [4.78, 5) is 7.00. The Bertz CT molecular complexity index is 343. The third kappa shape index (κ3) is 8.82. The Labute approximate surface area is 147 Å². The molecule has 5 nitrogen and oxygen atoms in total. The molecule has 1 aliphatic rings. The van der Waals surface area contributed by atoms with E-state index in [1.165, 1.54) is 18.6 Å². The fraction of sp³-hybridized carbons (Fsp3) is 0.941. The van der Waals surface area contributed by atoms with E-state index >= 15 is 0 Å². The fourth-order valence-electron chi connectivity index (χ4n) is 2.64. The van der Waals surface area contributed by atoms with Crippen molar-refractivity contribution in [1.82, 2.24) is 15.5 Å². The zero-order valence-electron chi connectivity index (χ0n) is 15.7. The topological polar surface area (TPSA) is 48.9 Å². The molecule has 6 heteroatoms. The van der Waals surface area contributed by atoms with Gasteiger partial charge in [0, 0.05) is 31.0 Å². The molecule has 0 saturated carbocycles. The molecule has 1 aliphatic heterocycles. The van der Waals surface area contributed by atoms with Crippen LogP contribution in [0, 0.1) is 0 Å². The van der Waals surface area contributed by atoms with Gasteiger partial charge in [-0.25, -0.2) is 0 Å². The van der Waals surface area contributed by atoms with Crippen LogP contribution in [0.5, 0.6) is 0 Å². The zero-order chi connectivity index (χ0) is 17.1. The van der Waals surface area contributed by atoms with E-state index in [1.54, 1.807) is 0 Å². The van der Waals surface area contributed by atoms with Gasteiger partial charge in [-0.3, -0.25) is 4.99 Å². The summed E-state index contributed by atoms with van der Waals surface area (Å²) in [5, 5.41) is 6.81. The van der Waals surface area contributed by atoms with Crippen LogP contribution in [0.3, 0.4) is 0 Å². The monoisotopic (exact) mass is 344 g/mol. The van der Waals surface area contributed by atoms with Crippen molar-refractivity contribution in [3.63, 3.8) is 0 Å². The minimum absolute atomic E-state index is 0.225. The van der Waals surface area contributed by atoms with Crippen molar-refractivity contribution in [2.45, 2.75) is 50.9 Å². The van der Waals surface area contributed by atoms with E-state index in [0.717, 1.165) is 45.2 Å². The Morgan fingerprint density at radius 3 is 2.70 bits per heavy atom. The molecule has 136 valence electrons. The van der Waals surface area contributed by atoms with Crippen LogP contribution in [0.1, 0.15) is 40.0 Å². The zero-order valence-corrected chi connectivity index (χ0v) is 16.5. The molecule has 0 aromatic carbocycles. The first kappa shape index (κ1) is 20.6. The lowest BCUT2D eigenvalue weighted by atomic mass is 10.1. The molecule has 2 unspecified atom stereocenters. The number of nitrogens with zero attached hydrogens (tertiary/aromatic N) is 2. The van der Waals surface area contributed by atoms with E-state index in [0.29, 0.717) is 4.75 Å². The van der Waals surface area contributed by atoms with Crippen LogP contribution in [-0.4, -0.2) is 74.3 Å². The molecule has 0 aliphatic carbocycles. The van der Waals surface area contributed by atoms with Gasteiger partial charge < -0.3 is 20.3 Å². The Balaban J connectivity index is 2.48. The van der Waals surface area contributed by atoms with Gasteiger partial charge in [-0.2, -0.15) is 11.8 Å². The number of hydrogen-bond donors (Lipinski definition) is 2. The molecule has 1 saturated heterocycles. The van der Waals surface area contributed by atoms with E-state index in [-0.39, 0.29) is 6.10 Å². The summed E-state index contributed by atoms with van der Waals surface area (Å²) in [5.41, 5.74) is 0. The lowest BCUT2D eigenvalue weighted by Crippen LogP contribution is -2.43. The van der Waals surface area contributed by atoms with Gasteiger partial charge in [0.05, 0.1) is 12.6 Å². The highest BCUT2D eigenvalue weighted by molar-refractivity contribution is 8.00. The second-order valence-electron chi connectivity index (χ2n) is 6.65. The molecule has 0 aromatic heterocycles. The second kappa shape index (κ2) is 11.2. The smallest absolute Gasteiger partial charge is 0.191 e. The SMILES string of the molecule is CCNC(=NCC1(C)CCCS1)NCC(CCN(C)C)OCC. The van der Waals surface area contributed by atoms with Crippen molar-refractivity contribution in [2.75, 3.05) is 52.6 Å². The minimum atomic E-state index is 0.225. The average molecular weight is 345 g/mol. The van der Waals surface area contributed by atoms with Crippen molar-refractivity contribution in [3.05, 3.63) is 0 Å². The Hall–Kier alpha value is -0.460. The van der Waals surface area contributed by atoms with Gasteiger partial charge in [-0.05, 0) is 59.9 Å². The molecule has 1 fully saturated rings. The summed E-state index contributed by atoms with van der Waals surface area (Å²) >= 11 is 2.06. The Morgan fingerprint density at radius 2 is 2.13 bits per heavy atom. The molecule has 0 aromatic rings. The maximum atomic E-state index is 5.84. The van der Waals surface area contributed by atoms with Gasteiger partial charge in [-0.1, -0.05) is 0 Å². The summed E-state index contributed by atoms with van der Waals surface area (Å²) < 4.78 is 6.15. The highest BCUT2D eigenvalue weighted by Crippen LogP contribution is 2.37. The maximum Gasteiger partial charge on any atom is 0.191 e. The average Bonchev–Trinajstić information content (AvgIpc) is 2.94. The number of aliphatic imine (C=N–C) groups is 1. The number of nitrogens with one attached hydrogen (secondary N) is 2. The standard InChI is InChI=1S/C17H36N4OS/c1-6-18-16(20-14-17(3)10-8-12-23-17)19-13-15(22-7-2)9-11-21(4)5/h15H,6-14H2,1-5H3,(H2,18,19,20). The summed E-state index contributed by atoms with van der Waals surface area (Å²) in [6.45, 7) is 10.8. The molecular formula is C17H36N4OS. The van der Waals surface area contributed by atoms with Crippen LogP contribution in [0.25, 0.3) is 0 Å². The van der Waals surface area contributed by atoms with Crippen molar-refractivity contribution in [3.8, 4) is 0 Å². The molecular weight excluding hydrogens is 308 g/mol. The summed E-state index contributed by atoms with van der Waals surface area (Å²) in [6, 6.07) is 0. The predicted molar refractivity (Wildman–Crippen MR) is 103 cm³/mol. The first-order chi connectivity index (χ1) is 11.0. The summed E-state index contributed by atoms with van der Waals surface area (Å²) in [5.74, 6) is 2.18. The van der Waals surface area contributed by atoms with Crippen molar-refractivity contribution < 1.29 is 4.74 Å². The van der Waals surface area contributed by atoms with Gasteiger partial charge in [0.15, 0.2) is 5.96 Å². The van der Waals surface area contributed by atoms with E-state index in [4.69, 9.17) is 9.73 Å². The highest BCUT2D eigenvalue weighted by Gasteiger charge is 2.29. The van der Waals surface area contributed by atoms with E-state index in [9.17, 15) is 0 Å². The first-order valence-electron chi connectivity index (χ1n) is 8.91. The van der Waals surface area contributed by atoms with Gasteiger partial charge >= 0.3 is 0 Å². The van der Waals surface area contributed by atoms with Crippen LogP contribution < -0.4 is 10.6 Å². The Kier molecular flexibility index (Phi) is 9.99. The van der Waals surface area contributed by atoms with Crippen LogP contribution in [0.2, 0.25) is 0 Å². The first-order valence-corrected chi connectivity index (χ1v) is 9.90. The fourth-order valence-corrected chi connectivity index (χ4v) is 3.87. The van der Waals surface area contributed by atoms with E-state index in [1.807, 2.05) is 0 Å². The summed E-state index contributed by atoms with van der Waals surface area (Å²) in [6.07, 6.45) is 3.84. The molecule has 0 radical (unpaired) electrons. The molecule has 0 spiro atoms. The lowest BCUT2D eigenvalue weighted by Gasteiger charge is -2.23. The van der Waals surface area contributed by atoms with Crippen LogP contribution in [0.15, 0.2) is 4.99 Å².